The maximum atomic E-state index is 12.9. The summed E-state index contributed by atoms with van der Waals surface area (Å²) < 4.78 is 25.8. The molecule has 2 rings (SSSR count). The second-order valence-electron chi connectivity index (χ2n) is 9.19. The summed E-state index contributed by atoms with van der Waals surface area (Å²) in [6, 6.07) is 2.95. The van der Waals surface area contributed by atoms with Gasteiger partial charge < -0.3 is 21.3 Å². The summed E-state index contributed by atoms with van der Waals surface area (Å²) in [6.07, 6.45) is 5.41. The molecular formula is C25H35F2N3O5S. The van der Waals surface area contributed by atoms with Crippen molar-refractivity contribution in [2.24, 2.45) is 5.73 Å². The zero-order valence-electron chi connectivity index (χ0n) is 20.9. The fourth-order valence-corrected chi connectivity index (χ4v) is 4.06. The van der Waals surface area contributed by atoms with Crippen molar-refractivity contribution in [3.8, 4) is 0 Å². The van der Waals surface area contributed by atoms with Crippen LogP contribution in [0.2, 0.25) is 0 Å². The van der Waals surface area contributed by atoms with Gasteiger partial charge in [-0.2, -0.15) is 0 Å². The topological polar surface area (TPSA) is 143 Å². The van der Waals surface area contributed by atoms with Crippen LogP contribution in [0.1, 0.15) is 85.5 Å². The second-order valence-corrected chi connectivity index (χ2v) is 10.3. The molecule has 0 bridgehead atoms. The number of thiazole rings is 1. The Bertz CT molecular complexity index is 988. The number of carboxylic acids is 1. The molecule has 0 aliphatic heterocycles. The van der Waals surface area contributed by atoms with Gasteiger partial charge in [0.25, 0.3) is 5.91 Å². The quantitative estimate of drug-likeness (QED) is 0.288. The first-order chi connectivity index (χ1) is 16.8. The molecule has 0 radical (unpaired) electrons. The first kappa shape index (κ1) is 31.1. The van der Waals surface area contributed by atoms with Gasteiger partial charge in [-0.25, -0.2) is 13.8 Å². The fraction of sp³-hybridized carbons (Fsp3) is 0.520. The third-order valence-corrected chi connectivity index (χ3v) is 6.32. The summed E-state index contributed by atoms with van der Waals surface area (Å²) in [5.74, 6) is -2.77. The highest BCUT2D eigenvalue weighted by Crippen LogP contribution is 2.27. The summed E-state index contributed by atoms with van der Waals surface area (Å²) in [5, 5.41) is 21.0. The number of amides is 2. The minimum absolute atomic E-state index is 0.0605. The molecule has 2 amide bonds. The molecule has 200 valence electrons. The molecule has 1 heterocycles. The molecule has 8 nitrogen and oxygen atoms in total. The van der Waals surface area contributed by atoms with E-state index < -0.39 is 29.1 Å². The number of benzene rings is 1. The molecule has 0 fully saturated rings. The van der Waals surface area contributed by atoms with Gasteiger partial charge in [-0.1, -0.05) is 6.92 Å². The number of aliphatic hydroxyl groups is 1. The van der Waals surface area contributed by atoms with Gasteiger partial charge in [0.15, 0.2) is 5.01 Å². The molecule has 0 saturated heterocycles. The van der Waals surface area contributed by atoms with Gasteiger partial charge in [0.2, 0.25) is 5.91 Å². The molecule has 0 saturated carbocycles. The Morgan fingerprint density at radius 3 is 2.31 bits per heavy atom. The largest absolute Gasteiger partial charge is 0.481 e. The van der Waals surface area contributed by atoms with E-state index in [2.05, 4.69) is 17.2 Å². The normalized spacial score (nSPS) is 11.8. The minimum atomic E-state index is -0.874. The lowest BCUT2D eigenvalue weighted by molar-refractivity contribution is -0.137. The number of carbonyl (C=O) groups is 3. The van der Waals surface area contributed by atoms with Crippen LogP contribution in [-0.2, 0) is 16.0 Å². The van der Waals surface area contributed by atoms with Crippen LogP contribution < -0.4 is 11.1 Å². The van der Waals surface area contributed by atoms with E-state index in [-0.39, 0.29) is 24.3 Å². The molecule has 1 aromatic carbocycles. The first-order valence-electron chi connectivity index (χ1n) is 11.7. The van der Waals surface area contributed by atoms with Gasteiger partial charge in [-0.15, -0.1) is 11.3 Å². The number of nitrogens with zero attached hydrogens (tertiary/aromatic N) is 1. The van der Waals surface area contributed by atoms with E-state index in [4.69, 9.17) is 10.8 Å². The molecule has 11 heteroatoms. The zero-order chi connectivity index (χ0) is 27.3. The number of nitrogens with two attached hydrogens (primary N) is 1. The Labute approximate surface area is 213 Å². The van der Waals surface area contributed by atoms with Crippen molar-refractivity contribution >= 4 is 29.1 Å². The van der Waals surface area contributed by atoms with Gasteiger partial charge in [0, 0.05) is 30.1 Å². The van der Waals surface area contributed by atoms with Crippen molar-refractivity contribution in [1.29, 1.82) is 0 Å². The van der Waals surface area contributed by atoms with Crippen molar-refractivity contribution in [2.45, 2.75) is 77.2 Å². The standard InChI is InChI=1S/C13H15F2NO3.C12H20N2O2S/c14-10-5-9(6-11(15)8-10)7-12(17)16-4-2-1-3-13(18)19;1-8(5-4-6-12(2,3)16)9-7-14-11(17-9)10(13)15/h5-6,8H,1-4,7H2,(H,16,17)(H,18,19);7-8,16H,4-6H2,1-3H3,(H2,13,15). The number of unbranched alkanes of at least 4 members (excludes halogenated alkanes) is 1. The Hall–Kier alpha value is -2.92. The highest BCUT2D eigenvalue weighted by molar-refractivity contribution is 7.13. The molecule has 5 N–H and O–H groups in total. The minimum Gasteiger partial charge on any atom is -0.481 e. The SMILES string of the molecule is CC(CCCC(C)(C)O)c1cnc(C(N)=O)s1.O=C(O)CCCCNC(=O)Cc1cc(F)cc(F)c1. The number of primary amides is 1. The molecular weight excluding hydrogens is 492 g/mol. The Balaban J connectivity index is 0.000000362. The number of rotatable bonds is 13. The third kappa shape index (κ3) is 13.8. The number of hydrogen-bond acceptors (Lipinski definition) is 6. The van der Waals surface area contributed by atoms with Gasteiger partial charge in [-0.3, -0.25) is 14.4 Å². The number of aromatic nitrogens is 1. The Morgan fingerprint density at radius 1 is 1.14 bits per heavy atom. The highest BCUT2D eigenvalue weighted by Gasteiger charge is 2.16. The van der Waals surface area contributed by atoms with Crippen molar-refractivity contribution in [2.75, 3.05) is 6.54 Å². The molecule has 2 aromatic rings. The van der Waals surface area contributed by atoms with E-state index in [1.54, 1.807) is 6.20 Å². The Morgan fingerprint density at radius 2 is 1.78 bits per heavy atom. The average molecular weight is 528 g/mol. The van der Waals surface area contributed by atoms with Gasteiger partial charge in [0.05, 0.1) is 12.0 Å². The fourth-order valence-electron chi connectivity index (χ4n) is 3.20. The van der Waals surface area contributed by atoms with E-state index in [0.29, 0.717) is 30.3 Å². The molecule has 1 unspecified atom stereocenters. The predicted molar refractivity (Wildman–Crippen MR) is 134 cm³/mol. The lowest BCUT2D eigenvalue weighted by Crippen LogP contribution is -2.26. The number of nitrogens with one attached hydrogen (secondary N) is 1. The predicted octanol–water partition coefficient (Wildman–Crippen LogP) is 4.17. The molecule has 1 aromatic heterocycles. The van der Waals surface area contributed by atoms with Gasteiger partial charge in [0.1, 0.15) is 11.6 Å². The second kappa shape index (κ2) is 15.2. The summed E-state index contributed by atoms with van der Waals surface area (Å²) >= 11 is 1.36. The van der Waals surface area contributed by atoms with Crippen molar-refractivity contribution in [3.63, 3.8) is 0 Å². The summed E-state index contributed by atoms with van der Waals surface area (Å²) in [4.78, 5) is 37.7. The highest BCUT2D eigenvalue weighted by atomic mass is 32.1. The van der Waals surface area contributed by atoms with Crippen molar-refractivity contribution in [3.05, 3.63) is 51.5 Å². The number of carboxylic acid groups (broad SMARTS) is 1. The van der Waals surface area contributed by atoms with Crippen LogP contribution in [0.15, 0.2) is 24.4 Å². The third-order valence-electron chi connectivity index (χ3n) is 5.07. The lowest BCUT2D eigenvalue weighted by Gasteiger charge is -2.17. The van der Waals surface area contributed by atoms with Crippen LogP contribution >= 0.6 is 11.3 Å². The molecule has 0 aliphatic rings. The van der Waals surface area contributed by atoms with Gasteiger partial charge >= 0.3 is 5.97 Å². The number of aliphatic carboxylic acids is 1. The van der Waals surface area contributed by atoms with E-state index >= 15 is 0 Å². The van der Waals surface area contributed by atoms with Crippen LogP contribution in [0, 0.1) is 11.6 Å². The van der Waals surface area contributed by atoms with E-state index in [9.17, 15) is 28.3 Å². The van der Waals surface area contributed by atoms with Crippen LogP contribution in [0.3, 0.4) is 0 Å². The number of hydrogen-bond donors (Lipinski definition) is 4. The van der Waals surface area contributed by atoms with Crippen LogP contribution in [0.5, 0.6) is 0 Å². The van der Waals surface area contributed by atoms with Crippen LogP contribution in [-0.4, -0.2) is 45.1 Å². The van der Waals surface area contributed by atoms with Crippen molar-refractivity contribution < 1.29 is 33.4 Å². The molecule has 1 atom stereocenters. The maximum absolute atomic E-state index is 12.9. The van der Waals surface area contributed by atoms with Gasteiger partial charge in [-0.05, 0) is 69.6 Å². The maximum Gasteiger partial charge on any atom is 0.303 e. The Kier molecular flexibility index (Phi) is 13.2. The number of carbonyl (C=O) groups excluding carboxylic acids is 2. The van der Waals surface area contributed by atoms with Crippen molar-refractivity contribution in [1.82, 2.24) is 10.3 Å². The lowest BCUT2D eigenvalue weighted by atomic mass is 9.96. The van der Waals surface area contributed by atoms with E-state index in [0.717, 1.165) is 42.3 Å². The first-order valence-corrected chi connectivity index (χ1v) is 12.5. The monoisotopic (exact) mass is 527 g/mol. The van der Waals surface area contributed by atoms with E-state index in [1.165, 1.54) is 11.3 Å². The number of halogens is 2. The summed E-state index contributed by atoms with van der Waals surface area (Å²) in [7, 11) is 0. The summed E-state index contributed by atoms with van der Waals surface area (Å²) in [6.45, 7) is 6.08. The summed E-state index contributed by atoms with van der Waals surface area (Å²) in [5.41, 5.74) is 4.82. The van der Waals surface area contributed by atoms with E-state index in [1.807, 2.05) is 13.8 Å². The average Bonchev–Trinajstić information content (AvgIpc) is 3.23. The zero-order valence-corrected chi connectivity index (χ0v) is 21.7. The van der Waals surface area contributed by atoms with Crippen LogP contribution in [0.25, 0.3) is 0 Å². The molecule has 36 heavy (non-hydrogen) atoms. The smallest absolute Gasteiger partial charge is 0.303 e. The van der Waals surface area contributed by atoms with Crippen LogP contribution in [0.4, 0.5) is 8.78 Å². The molecule has 0 spiro atoms. The molecule has 0 aliphatic carbocycles.